The summed E-state index contributed by atoms with van der Waals surface area (Å²) in [6.45, 7) is 1.93. The third kappa shape index (κ3) is 2.30. The molecule has 2 rings (SSSR count). The minimum atomic E-state index is -0.623. The van der Waals surface area contributed by atoms with E-state index in [1.165, 1.54) is 17.1 Å². The molecule has 0 radical (unpaired) electrons. The molecule has 0 spiro atoms. The molecule has 88 valence electrons. The van der Waals surface area contributed by atoms with Crippen LogP contribution in [0.15, 0.2) is 30.6 Å². The SMILES string of the molecule is CCOC(=O)c1ncn(-c2ccccc2F)n1. The van der Waals surface area contributed by atoms with Gasteiger partial charge in [0.2, 0.25) is 0 Å². The Labute approximate surface area is 96.9 Å². The van der Waals surface area contributed by atoms with Crippen molar-refractivity contribution in [1.29, 1.82) is 0 Å². The van der Waals surface area contributed by atoms with Crippen molar-refractivity contribution in [3.05, 3.63) is 42.2 Å². The van der Waals surface area contributed by atoms with Gasteiger partial charge >= 0.3 is 5.97 Å². The number of carbonyl (C=O) groups excluding carboxylic acids is 1. The number of rotatable bonds is 3. The van der Waals surface area contributed by atoms with E-state index in [1.54, 1.807) is 25.1 Å². The third-order valence-electron chi connectivity index (χ3n) is 2.05. The van der Waals surface area contributed by atoms with E-state index >= 15 is 0 Å². The summed E-state index contributed by atoms with van der Waals surface area (Å²) >= 11 is 0. The van der Waals surface area contributed by atoms with Crippen LogP contribution < -0.4 is 0 Å². The highest BCUT2D eigenvalue weighted by Crippen LogP contribution is 2.11. The van der Waals surface area contributed by atoms with E-state index in [0.717, 1.165) is 0 Å². The normalized spacial score (nSPS) is 10.2. The predicted molar refractivity (Wildman–Crippen MR) is 57.3 cm³/mol. The van der Waals surface area contributed by atoms with Crippen molar-refractivity contribution >= 4 is 5.97 Å². The largest absolute Gasteiger partial charge is 0.460 e. The van der Waals surface area contributed by atoms with Gasteiger partial charge in [-0.05, 0) is 19.1 Å². The molecule has 0 saturated heterocycles. The lowest BCUT2D eigenvalue weighted by molar-refractivity contribution is 0.0512. The molecule has 1 heterocycles. The predicted octanol–water partition coefficient (Wildman–Crippen LogP) is 1.58. The molecule has 0 amide bonds. The Balaban J connectivity index is 2.30. The number of aromatic nitrogens is 3. The van der Waals surface area contributed by atoms with E-state index < -0.39 is 11.8 Å². The van der Waals surface area contributed by atoms with E-state index in [4.69, 9.17) is 4.74 Å². The average Bonchev–Trinajstić information content (AvgIpc) is 2.79. The first-order valence-corrected chi connectivity index (χ1v) is 5.06. The molecule has 5 nitrogen and oxygen atoms in total. The van der Waals surface area contributed by atoms with Crippen molar-refractivity contribution in [3.63, 3.8) is 0 Å². The Morgan fingerprint density at radius 2 is 2.24 bits per heavy atom. The van der Waals surface area contributed by atoms with E-state index in [2.05, 4.69) is 10.1 Å². The van der Waals surface area contributed by atoms with Gasteiger partial charge in [-0.2, -0.15) is 0 Å². The summed E-state index contributed by atoms with van der Waals surface area (Å²) < 4.78 is 19.4. The van der Waals surface area contributed by atoms with Gasteiger partial charge in [0.15, 0.2) is 0 Å². The highest BCUT2D eigenvalue weighted by molar-refractivity contribution is 5.84. The van der Waals surface area contributed by atoms with Crippen LogP contribution >= 0.6 is 0 Å². The number of carbonyl (C=O) groups is 1. The van der Waals surface area contributed by atoms with Gasteiger partial charge in [0.25, 0.3) is 5.82 Å². The van der Waals surface area contributed by atoms with E-state index in [-0.39, 0.29) is 18.1 Å². The zero-order valence-electron chi connectivity index (χ0n) is 9.13. The standard InChI is InChI=1S/C11H10FN3O2/c1-2-17-11(16)10-13-7-15(14-10)9-6-4-3-5-8(9)12/h3-7H,2H2,1H3. The number of benzene rings is 1. The Bertz CT molecular complexity index is 539. The summed E-state index contributed by atoms with van der Waals surface area (Å²) in [6, 6.07) is 6.09. The lowest BCUT2D eigenvalue weighted by atomic mass is 10.3. The molecule has 0 fully saturated rings. The number of esters is 1. The summed E-state index contributed by atoms with van der Waals surface area (Å²) in [7, 11) is 0. The van der Waals surface area contributed by atoms with Crippen molar-refractivity contribution in [1.82, 2.24) is 14.8 Å². The third-order valence-corrected chi connectivity index (χ3v) is 2.05. The number of para-hydroxylation sites is 1. The van der Waals surface area contributed by atoms with Crippen molar-refractivity contribution < 1.29 is 13.9 Å². The van der Waals surface area contributed by atoms with Gasteiger partial charge in [0, 0.05) is 0 Å². The number of halogens is 1. The van der Waals surface area contributed by atoms with Gasteiger partial charge in [0.1, 0.15) is 17.8 Å². The fraction of sp³-hybridized carbons (Fsp3) is 0.182. The van der Waals surface area contributed by atoms with Gasteiger partial charge < -0.3 is 4.74 Å². The molecule has 0 bridgehead atoms. The molecule has 0 N–H and O–H groups in total. The summed E-state index contributed by atoms with van der Waals surface area (Å²) in [5.41, 5.74) is 0.232. The molecule has 0 unspecified atom stereocenters. The molecule has 17 heavy (non-hydrogen) atoms. The topological polar surface area (TPSA) is 57.0 Å². The zero-order valence-corrected chi connectivity index (χ0v) is 9.13. The number of nitrogens with zero attached hydrogens (tertiary/aromatic N) is 3. The summed E-state index contributed by atoms with van der Waals surface area (Å²) in [5, 5.41) is 3.85. The summed E-state index contributed by atoms with van der Waals surface area (Å²) in [4.78, 5) is 15.1. The molecular formula is C11H10FN3O2. The van der Waals surface area contributed by atoms with E-state index in [9.17, 15) is 9.18 Å². The Morgan fingerprint density at radius 1 is 1.47 bits per heavy atom. The summed E-state index contributed by atoms with van der Waals surface area (Å²) in [5.74, 6) is -1.15. The lowest BCUT2D eigenvalue weighted by Crippen LogP contribution is -2.08. The van der Waals surface area contributed by atoms with Gasteiger partial charge in [-0.15, -0.1) is 5.10 Å². The minimum absolute atomic E-state index is 0.0879. The molecule has 0 atom stereocenters. The lowest BCUT2D eigenvalue weighted by Gasteiger charge is -2.00. The highest BCUT2D eigenvalue weighted by Gasteiger charge is 2.14. The molecule has 6 heteroatoms. The molecular weight excluding hydrogens is 225 g/mol. The van der Waals surface area contributed by atoms with Crippen LogP contribution in [0.4, 0.5) is 4.39 Å². The van der Waals surface area contributed by atoms with Crippen LogP contribution in [-0.4, -0.2) is 27.3 Å². The maximum atomic E-state index is 13.4. The van der Waals surface area contributed by atoms with Gasteiger partial charge in [-0.25, -0.2) is 18.9 Å². The first kappa shape index (κ1) is 11.3. The van der Waals surface area contributed by atoms with Crippen LogP contribution in [-0.2, 0) is 4.74 Å². The monoisotopic (exact) mass is 235 g/mol. The van der Waals surface area contributed by atoms with Gasteiger partial charge in [-0.1, -0.05) is 12.1 Å². The molecule has 0 saturated carbocycles. The second kappa shape index (κ2) is 4.73. The van der Waals surface area contributed by atoms with Gasteiger partial charge in [-0.3, -0.25) is 0 Å². The van der Waals surface area contributed by atoms with E-state index in [1.807, 2.05) is 0 Å². The Morgan fingerprint density at radius 3 is 2.94 bits per heavy atom. The molecule has 2 aromatic rings. The second-order valence-corrected chi connectivity index (χ2v) is 3.18. The zero-order chi connectivity index (χ0) is 12.3. The van der Waals surface area contributed by atoms with Crippen LogP contribution in [0.3, 0.4) is 0 Å². The Hall–Kier alpha value is -2.24. The maximum Gasteiger partial charge on any atom is 0.378 e. The summed E-state index contributed by atoms with van der Waals surface area (Å²) in [6.07, 6.45) is 1.27. The highest BCUT2D eigenvalue weighted by atomic mass is 19.1. The number of hydrogen-bond acceptors (Lipinski definition) is 4. The number of ether oxygens (including phenoxy) is 1. The Kier molecular flexibility index (Phi) is 3.13. The van der Waals surface area contributed by atoms with Crippen LogP contribution in [0.2, 0.25) is 0 Å². The van der Waals surface area contributed by atoms with Crippen molar-refractivity contribution in [3.8, 4) is 5.69 Å². The van der Waals surface area contributed by atoms with Crippen LogP contribution in [0, 0.1) is 5.82 Å². The fourth-order valence-corrected chi connectivity index (χ4v) is 1.31. The average molecular weight is 235 g/mol. The van der Waals surface area contributed by atoms with Crippen LogP contribution in [0.25, 0.3) is 5.69 Å². The van der Waals surface area contributed by atoms with Crippen LogP contribution in [0.5, 0.6) is 0 Å². The van der Waals surface area contributed by atoms with Crippen LogP contribution in [0.1, 0.15) is 17.5 Å². The second-order valence-electron chi connectivity index (χ2n) is 3.18. The van der Waals surface area contributed by atoms with Crippen molar-refractivity contribution in [2.75, 3.05) is 6.61 Å². The maximum absolute atomic E-state index is 13.4. The smallest absolute Gasteiger partial charge is 0.378 e. The minimum Gasteiger partial charge on any atom is -0.460 e. The molecule has 1 aromatic heterocycles. The van der Waals surface area contributed by atoms with Crippen molar-refractivity contribution in [2.45, 2.75) is 6.92 Å². The van der Waals surface area contributed by atoms with Gasteiger partial charge in [0.05, 0.1) is 6.61 Å². The van der Waals surface area contributed by atoms with E-state index in [0.29, 0.717) is 0 Å². The molecule has 1 aromatic carbocycles. The molecule has 0 aliphatic rings. The fourth-order valence-electron chi connectivity index (χ4n) is 1.31. The molecule has 0 aliphatic carbocycles. The van der Waals surface area contributed by atoms with Crippen molar-refractivity contribution in [2.24, 2.45) is 0 Å². The first-order valence-electron chi connectivity index (χ1n) is 5.06. The molecule has 0 aliphatic heterocycles. The first-order chi connectivity index (χ1) is 8.22. The number of hydrogen-bond donors (Lipinski definition) is 0. The quantitative estimate of drug-likeness (QED) is 0.758.